The predicted molar refractivity (Wildman–Crippen MR) is 67.0 cm³/mol. The Bertz CT molecular complexity index is 159. The van der Waals surface area contributed by atoms with E-state index in [1.54, 1.807) is 0 Å². The number of nitrogens with zero attached hydrogens (tertiary/aromatic N) is 1. The summed E-state index contributed by atoms with van der Waals surface area (Å²) in [4.78, 5) is 4.19. The summed E-state index contributed by atoms with van der Waals surface area (Å²) in [5.74, 6) is 2.96. The number of thioether (sulfide) groups is 1. The summed E-state index contributed by atoms with van der Waals surface area (Å²) in [5, 5.41) is 3.19. The van der Waals surface area contributed by atoms with Crippen molar-refractivity contribution in [3.8, 4) is 0 Å². The Morgan fingerprint density at radius 2 is 2.21 bits per heavy atom. The van der Waals surface area contributed by atoms with Crippen molar-refractivity contribution in [2.45, 2.75) is 39.7 Å². The molecule has 0 heterocycles. The first-order valence-electron chi connectivity index (χ1n) is 5.34. The van der Waals surface area contributed by atoms with Crippen LogP contribution in [0.4, 0.5) is 0 Å². The molecule has 4 heteroatoms. The summed E-state index contributed by atoms with van der Waals surface area (Å²) >= 11 is 1.96. The third kappa shape index (κ3) is 8.23. The quantitative estimate of drug-likeness (QED) is 0.388. The van der Waals surface area contributed by atoms with Crippen LogP contribution in [0.15, 0.2) is 4.99 Å². The molecule has 0 radical (unpaired) electrons. The molecule has 0 spiro atoms. The minimum Gasteiger partial charge on any atom is -0.370 e. The number of nitrogens with two attached hydrogens (primary N) is 1. The molecule has 84 valence electrons. The summed E-state index contributed by atoms with van der Waals surface area (Å²) in [6, 6.07) is 0.426. The van der Waals surface area contributed by atoms with Crippen LogP contribution in [-0.4, -0.2) is 30.1 Å². The van der Waals surface area contributed by atoms with Crippen LogP contribution >= 0.6 is 11.8 Å². The smallest absolute Gasteiger partial charge is 0.188 e. The molecule has 0 saturated carbocycles. The van der Waals surface area contributed by atoms with Crippen LogP contribution in [0.1, 0.15) is 33.6 Å². The molecule has 0 aliphatic carbocycles. The van der Waals surface area contributed by atoms with E-state index in [4.69, 9.17) is 5.73 Å². The van der Waals surface area contributed by atoms with Crippen LogP contribution in [0, 0.1) is 0 Å². The van der Waals surface area contributed by atoms with Crippen molar-refractivity contribution in [2.75, 3.05) is 18.1 Å². The second-order valence-corrected chi connectivity index (χ2v) is 4.69. The van der Waals surface area contributed by atoms with E-state index in [0.717, 1.165) is 19.4 Å². The Morgan fingerprint density at radius 1 is 1.50 bits per heavy atom. The third-order valence-electron chi connectivity index (χ3n) is 1.80. The number of nitrogens with one attached hydrogen (secondary N) is 1. The highest BCUT2D eigenvalue weighted by Crippen LogP contribution is 2.03. The molecule has 0 fully saturated rings. The van der Waals surface area contributed by atoms with E-state index < -0.39 is 0 Å². The van der Waals surface area contributed by atoms with E-state index in [1.165, 1.54) is 11.5 Å². The van der Waals surface area contributed by atoms with Crippen LogP contribution in [0.25, 0.3) is 0 Å². The molecule has 0 aromatic heterocycles. The second-order valence-electron chi connectivity index (χ2n) is 3.30. The molecule has 0 bridgehead atoms. The molecule has 0 amide bonds. The van der Waals surface area contributed by atoms with Gasteiger partial charge in [0.1, 0.15) is 0 Å². The maximum absolute atomic E-state index is 5.70. The number of hydrogen-bond acceptors (Lipinski definition) is 2. The lowest BCUT2D eigenvalue weighted by atomic mass is 10.3. The molecule has 3 N–H and O–H groups in total. The lowest BCUT2D eigenvalue weighted by Gasteiger charge is -2.13. The van der Waals surface area contributed by atoms with Crippen molar-refractivity contribution in [1.82, 2.24) is 5.32 Å². The zero-order valence-electron chi connectivity index (χ0n) is 9.55. The van der Waals surface area contributed by atoms with Crippen LogP contribution < -0.4 is 11.1 Å². The third-order valence-corrected chi connectivity index (χ3v) is 2.73. The first-order chi connectivity index (χ1) is 6.70. The Hall–Kier alpha value is -0.380. The van der Waals surface area contributed by atoms with Gasteiger partial charge in [-0.05, 0) is 31.3 Å². The van der Waals surface area contributed by atoms with E-state index in [2.05, 4.69) is 31.1 Å². The van der Waals surface area contributed by atoms with Gasteiger partial charge in [0, 0.05) is 12.6 Å². The minimum atomic E-state index is 0.426. The summed E-state index contributed by atoms with van der Waals surface area (Å²) in [5.41, 5.74) is 5.70. The highest BCUT2D eigenvalue weighted by atomic mass is 32.2. The molecular formula is C10H23N3S. The molecular weight excluding hydrogens is 194 g/mol. The lowest BCUT2D eigenvalue weighted by molar-refractivity contribution is 0.641. The van der Waals surface area contributed by atoms with E-state index in [-0.39, 0.29) is 0 Å². The van der Waals surface area contributed by atoms with Gasteiger partial charge >= 0.3 is 0 Å². The highest BCUT2D eigenvalue weighted by Gasteiger charge is 2.01. The SMILES string of the molecule is CCCN=C(N)NC(C)CCSCC. The van der Waals surface area contributed by atoms with Gasteiger partial charge in [-0.2, -0.15) is 11.8 Å². The molecule has 0 saturated heterocycles. The Labute approximate surface area is 91.9 Å². The van der Waals surface area contributed by atoms with Crippen LogP contribution in [0.2, 0.25) is 0 Å². The fourth-order valence-corrected chi connectivity index (χ4v) is 1.82. The summed E-state index contributed by atoms with van der Waals surface area (Å²) in [6.07, 6.45) is 2.18. The number of guanidine groups is 1. The monoisotopic (exact) mass is 217 g/mol. The number of rotatable bonds is 7. The molecule has 0 aliphatic rings. The first kappa shape index (κ1) is 13.6. The van der Waals surface area contributed by atoms with Gasteiger partial charge in [-0.25, -0.2) is 0 Å². The lowest BCUT2D eigenvalue weighted by Crippen LogP contribution is -2.38. The highest BCUT2D eigenvalue weighted by molar-refractivity contribution is 7.99. The average Bonchev–Trinajstić information content (AvgIpc) is 2.15. The molecule has 0 aromatic rings. The van der Waals surface area contributed by atoms with E-state index >= 15 is 0 Å². The fourth-order valence-electron chi connectivity index (χ4n) is 1.01. The van der Waals surface area contributed by atoms with Gasteiger partial charge in [0.25, 0.3) is 0 Å². The zero-order valence-corrected chi connectivity index (χ0v) is 10.4. The van der Waals surface area contributed by atoms with Gasteiger partial charge in [-0.15, -0.1) is 0 Å². The Morgan fingerprint density at radius 3 is 2.79 bits per heavy atom. The normalized spacial score (nSPS) is 14.1. The molecule has 14 heavy (non-hydrogen) atoms. The van der Waals surface area contributed by atoms with Gasteiger partial charge in [0.05, 0.1) is 0 Å². The molecule has 0 aromatic carbocycles. The number of aliphatic imine (C=N–C) groups is 1. The van der Waals surface area contributed by atoms with Crippen LogP contribution in [-0.2, 0) is 0 Å². The largest absolute Gasteiger partial charge is 0.370 e. The first-order valence-corrected chi connectivity index (χ1v) is 6.50. The number of hydrogen-bond donors (Lipinski definition) is 2. The van der Waals surface area contributed by atoms with Gasteiger partial charge in [-0.1, -0.05) is 13.8 Å². The molecule has 1 atom stereocenters. The van der Waals surface area contributed by atoms with Crippen molar-refractivity contribution in [1.29, 1.82) is 0 Å². The standard InChI is InChI=1S/C10H23N3S/c1-4-7-12-10(11)13-9(3)6-8-14-5-2/h9H,4-8H2,1-3H3,(H3,11,12,13). The Kier molecular flexibility index (Phi) is 8.94. The minimum absolute atomic E-state index is 0.426. The second kappa shape index (κ2) is 9.19. The van der Waals surface area contributed by atoms with Crippen LogP contribution in [0.5, 0.6) is 0 Å². The zero-order chi connectivity index (χ0) is 10.8. The molecule has 3 nitrogen and oxygen atoms in total. The molecule has 1 unspecified atom stereocenters. The van der Waals surface area contributed by atoms with Crippen molar-refractivity contribution in [3.05, 3.63) is 0 Å². The van der Waals surface area contributed by atoms with Gasteiger partial charge in [0.2, 0.25) is 0 Å². The van der Waals surface area contributed by atoms with E-state index in [1.807, 2.05) is 11.8 Å². The van der Waals surface area contributed by atoms with Crippen molar-refractivity contribution < 1.29 is 0 Å². The van der Waals surface area contributed by atoms with Crippen molar-refractivity contribution >= 4 is 17.7 Å². The summed E-state index contributed by atoms with van der Waals surface area (Å²) in [7, 11) is 0. The topological polar surface area (TPSA) is 50.4 Å². The van der Waals surface area contributed by atoms with Crippen LogP contribution in [0.3, 0.4) is 0 Å². The van der Waals surface area contributed by atoms with E-state index in [9.17, 15) is 0 Å². The van der Waals surface area contributed by atoms with Crippen molar-refractivity contribution in [2.24, 2.45) is 10.7 Å². The Balaban J connectivity index is 3.54. The summed E-state index contributed by atoms with van der Waals surface area (Å²) < 4.78 is 0. The maximum atomic E-state index is 5.70. The van der Waals surface area contributed by atoms with Gasteiger partial charge in [-0.3, -0.25) is 4.99 Å². The van der Waals surface area contributed by atoms with Gasteiger partial charge in [0.15, 0.2) is 5.96 Å². The fraction of sp³-hybridized carbons (Fsp3) is 0.900. The average molecular weight is 217 g/mol. The van der Waals surface area contributed by atoms with Crippen molar-refractivity contribution in [3.63, 3.8) is 0 Å². The summed E-state index contributed by atoms with van der Waals surface area (Å²) in [6.45, 7) is 7.23. The van der Waals surface area contributed by atoms with Gasteiger partial charge < -0.3 is 11.1 Å². The maximum Gasteiger partial charge on any atom is 0.188 e. The van der Waals surface area contributed by atoms with E-state index in [0.29, 0.717) is 12.0 Å². The predicted octanol–water partition coefficient (Wildman–Crippen LogP) is 1.83. The molecule has 0 rings (SSSR count). The molecule has 0 aliphatic heterocycles.